The number of nitrogens with zero attached hydrogens (tertiary/aromatic N) is 3. The number of ether oxygens (including phenoxy) is 1. The molecule has 0 radical (unpaired) electrons. The van der Waals surface area contributed by atoms with Crippen molar-refractivity contribution < 1.29 is 24.2 Å². The third-order valence-corrected chi connectivity index (χ3v) is 8.50. The molecule has 4 heterocycles. The monoisotopic (exact) mass is 521 g/mol. The molecule has 0 aromatic heterocycles. The number of carbonyl (C=O) groups is 3. The van der Waals surface area contributed by atoms with Crippen LogP contribution in [0.15, 0.2) is 42.5 Å². The van der Waals surface area contributed by atoms with E-state index in [0.29, 0.717) is 39.0 Å². The predicted octanol–water partition coefficient (Wildman–Crippen LogP) is 2.76. The van der Waals surface area contributed by atoms with Gasteiger partial charge in [-0.2, -0.15) is 0 Å². The number of likely N-dealkylation sites (tertiary alicyclic amines) is 1. The number of fused-ring (bicyclic) bond motifs is 2. The molecule has 38 heavy (non-hydrogen) atoms. The number of unbranched alkanes of at least 4 members (excludes halogenated alkanes) is 2. The maximum Gasteiger partial charge on any atom is 0.253 e. The number of anilines is 1. The van der Waals surface area contributed by atoms with Crippen LogP contribution >= 0.6 is 0 Å². The molecule has 0 saturated carbocycles. The molecule has 1 unspecified atom stereocenters. The molecule has 4 aliphatic heterocycles. The van der Waals surface area contributed by atoms with Crippen molar-refractivity contribution in [1.29, 1.82) is 0 Å². The van der Waals surface area contributed by atoms with Crippen molar-refractivity contribution in [3.05, 3.63) is 53.6 Å². The zero-order valence-corrected chi connectivity index (χ0v) is 22.6. The van der Waals surface area contributed by atoms with Crippen molar-refractivity contribution in [3.8, 4) is 0 Å². The fourth-order valence-corrected chi connectivity index (χ4v) is 6.90. The Morgan fingerprint density at radius 1 is 0.974 bits per heavy atom. The maximum absolute atomic E-state index is 14.5. The lowest BCUT2D eigenvalue weighted by molar-refractivity contribution is -0.144. The van der Waals surface area contributed by atoms with E-state index in [9.17, 15) is 19.5 Å². The molecular formula is C30H39N3O5. The number of aliphatic hydroxyl groups is 1. The van der Waals surface area contributed by atoms with Crippen LogP contribution in [0.4, 0.5) is 5.69 Å². The van der Waals surface area contributed by atoms with E-state index in [4.69, 9.17) is 4.74 Å². The Morgan fingerprint density at radius 3 is 2.45 bits per heavy atom. The number of rotatable bonds is 8. The van der Waals surface area contributed by atoms with Gasteiger partial charge in [-0.3, -0.25) is 14.4 Å². The first-order valence-corrected chi connectivity index (χ1v) is 14.0. The van der Waals surface area contributed by atoms with E-state index in [1.165, 1.54) is 0 Å². The predicted molar refractivity (Wildman–Crippen MR) is 144 cm³/mol. The number of hydrogen-bond donors (Lipinski definition) is 1. The standard InChI is InChI=1S/C30H39N3O5/c1-4-15-31-16-9-13-22-23(27(31)35)24-28(36)33(17-6-5-7-19-34)26-29(37)32(18-10-14-30(24,26)38-22)25-20(2)11-8-12-21(25)3/h8-14,22-24,26,34H,4-7,15-19H2,1-3H3/t22-,23+,24+,26?,30+/m1/s1. The summed E-state index contributed by atoms with van der Waals surface area (Å²) < 4.78 is 6.71. The minimum atomic E-state index is -1.21. The molecule has 1 N–H and O–H groups in total. The summed E-state index contributed by atoms with van der Waals surface area (Å²) in [6, 6.07) is 5.10. The molecular weight excluding hydrogens is 482 g/mol. The van der Waals surface area contributed by atoms with Crippen molar-refractivity contribution in [2.75, 3.05) is 37.7 Å². The molecule has 2 saturated heterocycles. The van der Waals surface area contributed by atoms with Gasteiger partial charge in [-0.15, -0.1) is 0 Å². The van der Waals surface area contributed by atoms with Gasteiger partial charge in [-0.1, -0.05) is 49.4 Å². The van der Waals surface area contributed by atoms with Gasteiger partial charge >= 0.3 is 0 Å². The molecule has 0 aliphatic carbocycles. The van der Waals surface area contributed by atoms with Crippen molar-refractivity contribution in [3.63, 3.8) is 0 Å². The van der Waals surface area contributed by atoms with Gasteiger partial charge < -0.3 is 24.5 Å². The Labute approximate surface area is 224 Å². The second-order valence-corrected chi connectivity index (χ2v) is 11.0. The average Bonchev–Trinajstić information content (AvgIpc) is 3.20. The van der Waals surface area contributed by atoms with Gasteiger partial charge in [0.2, 0.25) is 11.8 Å². The fourth-order valence-electron chi connectivity index (χ4n) is 6.90. The number of benzene rings is 1. The summed E-state index contributed by atoms with van der Waals surface area (Å²) in [4.78, 5) is 47.8. The number of para-hydroxylation sites is 1. The summed E-state index contributed by atoms with van der Waals surface area (Å²) in [6.45, 7) is 7.97. The number of hydrogen-bond acceptors (Lipinski definition) is 5. The Kier molecular flexibility index (Phi) is 7.47. The number of amides is 3. The second-order valence-electron chi connectivity index (χ2n) is 11.0. The van der Waals surface area contributed by atoms with E-state index < -0.39 is 29.6 Å². The highest BCUT2D eigenvalue weighted by Crippen LogP contribution is 2.53. The lowest BCUT2D eigenvalue weighted by Crippen LogP contribution is -2.55. The minimum absolute atomic E-state index is 0.0744. The second kappa shape index (κ2) is 10.7. The Bertz CT molecular complexity index is 1140. The summed E-state index contributed by atoms with van der Waals surface area (Å²) in [7, 11) is 0. The van der Waals surface area contributed by atoms with E-state index in [0.717, 1.165) is 29.7 Å². The number of aliphatic hydroxyl groups excluding tert-OH is 1. The number of aryl methyl sites for hydroxylation is 2. The van der Waals surface area contributed by atoms with E-state index in [1.54, 1.807) is 14.7 Å². The van der Waals surface area contributed by atoms with Crippen molar-refractivity contribution >= 4 is 23.4 Å². The highest BCUT2D eigenvalue weighted by atomic mass is 16.5. The Morgan fingerprint density at radius 2 is 1.74 bits per heavy atom. The van der Waals surface area contributed by atoms with Gasteiger partial charge in [0.1, 0.15) is 11.6 Å². The molecule has 8 heteroatoms. The first kappa shape index (κ1) is 26.6. The molecule has 5 rings (SSSR count). The zero-order chi connectivity index (χ0) is 27.0. The van der Waals surface area contributed by atoms with Gasteiger partial charge in [0.25, 0.3) is 5.91 Å². The van der Waals surface area contributed by atoms with E-state index in [2.05, 4.69) is 0 Å². The molecule has 2 fully saturated rings. The Hall–Kier alpha value is -2.97. The van der Waals surface area contributed by atoms with Crippen LogP contribution in [0.3, 0.4) is 0 Å². The molecule has 8 nitrogen and oxygen atoms in total. The van der Waals surface area contributed by atoms with Gasteiger partial charge in [-0.05, 0) is 50.7 Å². The van der Waals surface area contributed by atoms with Crippen LogP contribution < -0.4 is 4.90 Å². The van der Waals surface area contributed by atoms with Gasteiger partial charge in [0.15, 0.2) is 0 Å². The van der Waals surface area contributed by atoms with Crippen LogP contribution in [0.2, 0.25) is 0 Å². The van der Waals surface area contributed by atoms with Crippen molar-refractivity contribution in [2.45, 2.75) is 64.2 Å². The van der Waals surface area contributed by atoms with Crippen molar-refractivity contribution in [1.82, 2.24) is 9.80 Å². The van der Waals surface area contributed by atoms with E-state index >= 15 is 0 Å². The van der Waals surface area contributed by atoms with Crippen LogP contribution in [0, 0.1) is 25.7 Å². The summed E-state index contributed by atoms with van der Waals surface area (Å²) in [5.41, 5.74) is 1.63. The minimum Gasteiger partial charge on any atom is -0.396 e. The molecule has 204 valence electrons. The molecule has 1 spiro atoms. The summed E-state index contributed by atoms with van der Waals surface area (Å²) in [6.07, 6.45) is 10.0. The van der Waals surface area contributed by atoms with Crippen LogP contribution in [0.1, 0.15) is 43.7 Å². The molecule has 1 aromatic carbocycles. The van der Waals surface area contributed by atoms with E-state index in [1.807, 2.05) is 63.3 Å². The lowest BCUT2D eigenvalue weighted by atomic mass is 9.77. The first-order valence-electron chi connectivity index (χ1n) is 14.0. The molecule has 5 atom stereocenters. The van der Waals surface area contributed by atoms with Crippen molar-refractivity contribution in [2.24, 2.45) is 11.8 Å². The largest absolute Gasteiger partial charge is 0.396 e. The van der Waals surface area contributed by atoms with Gasteiger partial charge in [-0.25, -0.2) is 0 Å². The van der Waals surface area contributed by atoms with Crippen LogP contribution in [0.5, 0.6) is 0 Å². The quantitative estimate of drug-likeness (QED) is 0.420. The lowest BCUT2D eigenvalue weighted by Gasteiger charge is -2.36. The zero-order valence-electron chi connectivity index (χ0n) is 22.6. The Balaban J connectivity index is 1.58. The molecule has 0 bridgehead atoms. The summed E-state index contributed by atoms with van der Waals surface area (Å²) in [5.74, 6) is -1.86. The average molecular weight is 522 g/mol. The third-order valence-electron chi connectivity index (χ3n) is 8.50. The third kappa shape index (κ3) is 4.18. The first-order chi connectivity index (χ1) is 18.4. The van der Waals surface area contributed by atoms with Crippen LogP contribution in [-0.4, -0.2) is 83.2 Å². The van der Waals surface area contributed by atoms with E-state index in [-0.39, 0.29) is 24.3 Å². The topological polar surface area (TPSA) is 90.4 Å². The van der Waals surface area contributed by atoms with Gasteiger partial charge in [0.05, 0.1) is 17.9 Å². The highest BCUT2D eigenvalue weighted by Gasteiger charge is 2.71. The smallest absolute Gasteiger partial charge is 0.253 e. The summed E-state index contributed by atoms with van der Waals surface area (Å²) >= 11 is 0. The maximum atomic E-state index is 14.5. The molecule has 4 aliphatic rings. The van der Waals surface area contributed by atoms with Crippen LogP contribution in [0.25, 0.3) is 0 Å². The number of carbonyl (C=O) groups excluding carboxylic acids is 3. The normalized spacial score (nSPS) is 30.4. The SMILES string of the molecule is CCCN1CC=C[C@H]2O[C@]34C=CCN(c5c(C)cccc5C)C(=O)C3N(CCCCCO)C(=O)[C@@H]4[C@H]2C1=O. The highest BCUT2D eigenvalue weighted by molar-refractivity contribution is 6.06. The van der Waals surface area contributed by atoms with Crippen LogP contribution in [-0.2, 0) is 19.1 Å². The summed E-state index contributed by atoms with van der Waals surface area (Å²) in [5, 5.41) is 9.25. The van der Waals surface area contributed by atoms with Gasteiger partial charge in [0, 0.05) is 38.5 Å². The molecule has 3 amide bonds. The molecule has 1 aromatic rings. The fraction of sp³-hybridized carbons (Fsp3) is 0.567.